The van der Waals surface area contributed by atoms with Gasteiger partial charge in [-0.25, -0.2) is 4.79 Å². The van der Waals surface area contributed by atoms with E-state index in [1.54, 1.807) is 0 Å². The minimum atomic E-state index is -0.810. The van der Waals surface area contributed by atoms with Gasteiger partial charge in [-0.05, 0) is 45.7 Å². The highest BCUT2D eigenvalue weighted by atomic mass is 16.4. The number of carboxylic acids is 1. The Morgan fingerprint density at radius 1 is 1.25 bits per heavy atom. The Kier molecular flexibility index (Phi) is 7.83. The maximum Gasteiger partial charge on any atom is 0.317 e. The highest BCUT2D eigenvalue weighted by molar-refractivity contribution is 5.74. The van der Waals surface area contributed by atoms with E-state index in [-0.39, 0.29) is 36.2 Å². The summed E-state index contributed by atoms with van der Waals surface area (Å²) >= 11 is 0. The smallest absolute Gasteiger partial charge is 0.317 e. The quantitative estimate of drug-likeness (QED) is 0.492. The summed E-state index contributed by atoms with van der Waals surface area (Å²) < 4.78 is 0. The summed E-state index contributed by atoms with van der Waals surface area (Å²) in [5.41, 5.74) is 0.956. The Hall–Kier alpha value is -2.12. The van der Waals surface area contributed by atoms with Gasteiger partial charge < -0.3 is 21.1 Å². The molecule has 0 aromatic heterocycles. The third-order valence-corrected chi connectivity index (χ3v) is 5.31. The molecule has 7 heteroatoms. The number of hydrogen-bond acceptors (Lipinski definition) is 4. The van der Waals surface area contributed by atoms with Gasteiger partial charge in [0.1, 0.15) is 0 Å². The van der Waals surface area contributed by atoms with Crippen molar-refractivity contribution in [2.75, 3.05) is 19.6 Å². The first-order valence-corrected chi connectivity index (χ1v) is 10.0. The molecular weight excluding hydrogens is 356 g/mol. The van der Waals surface area contributed by atoms with Crippen molar-refractivity contribution in [3.05, 3.63) is 35.9 Å². The molecule has 0 radical (unpaired) electrons. The summed E-state index contributed by atoms with van der Waals surface area (Å²) in [6, 6.07) is 10.6. The Balaban J connectivity index is 1.70. The van der Waals surface area contributed by atoms with E-state index in [4.69, 9.17) is 5.11 Å². The third-order valence-electron chi connectivity index (χ3n) is 5.31. The van der Waals surface area contributed by atoms with Crippen molar-refractivity contribution >= 4 is 12.0 Å². The number of carbonyl (C=O) groups excluding carboxylic acids is 1. The van der Waals surface area contributed by atoms with E-state index in [1.165, 1.54) is 5.56 Å². The van der Waals surface area contributed by atoms with E-state index in [0.717, 1.165) is 12.8 Å². The molecule has 1 aliphatic rings. The van der Waals surface area contributed by atoms with Crippen molar-refractivity contribution < 1.29 is 14.7 Å². The van der Waals surface area contributed by atoms with E-state index >= 15 is 0 Å². The lowest BCUT2D eigenvalue weighted by Gasteiger charge is -2.42. The van der Waals surface area contributed by atoms with E-state index in [1.807, 2.05) is 30.0 Å². The van der Waals surface area contributed by atoms with Gasteiger partial charge in [0, 0.05) is 30.2 Å². The maximum absolute atomic E-state index is 12.2. The minimum Gasteiger partial charge on any atom is -0.480 e. The van der Waals surface area contributed by atoms with Gasteiger partial charge in [-0.3, -0.25) is 9.69 Å². The van der Waals surface area contributed by atoms with Crippen LogP contribution in [0.4, 0.5) is 4.79 Å². The molecule has 0 heterocycles. The molecule has 1 unspecified atom stereocenters. The van der Waals surface area contributed by atoms with Crippen LogP contribution in [0.2, 0.25) is 0 Å². The first-order chi connectivity index (χ1) is 13.2. The van der Waals surface area contributed by atoms with Gasteiger partial charge in [0.2, 0.25) is 0 Å². The van der Waals surface area contributed by atoms with Crippen LogP contribution in [-0.2, 0) is 4.79 Å². The van der Waals surface area contributed by atoms with Gasteiger partial charge in [-0.15, -0.1) is 0 Å². The molecule has 0 saturated heterocycles. The molecule has 1 fully saturated rings. The van der Waals surface area contributed by atoms with Crippen LogP contribution in [0.5, 0.6) is 0 Å². The molecule has 1 aromatic carbocycles. The summed E-state index contributed by atoms with van der Waals surface area (Å²) in [5.74, 6) is -0.810. The van der Waals surface area contributed by atoms with Gasteiger partial charge in [-0.1, -0.05) is 37.3 Å². The Labute approximate surface area is 167 Å². The molecule has 1 aliphatic carbocycles. The number of rotatable bonds is 10. The molecular formula is C21H34N4O3. The van der Waals surface area contributed by atoms with Gasteiger partial charge in [0.15, 0.2) is 0 Å². The SMILES string of the molecule is CCN(CC(=O)O)C1CC(NC(=O)NCC(C)(C)NC(C)c2ccccc2)C1. The zero-order valence-corrected chi connectivity index (χ0v) is 17.4. The first kappa shape index (κ1) is 22.2. The van der Waals surface area contributed by atoms with Crippen LogP contribution in [0.15, 0.2) is 30.3 Å². The number of urea groups is 1. The number of nitrogens with one attached hydrogen (secondary N) is 3. The molecule has 0 spiro atoms. The Morgan fingerprint density at radius 2 is 1.89 bits per heavy atom. The molecule has 1 atom stereocenters. The fourth-order valence-electron chi connectivity index (χ4n) is 3.68. The van der Waals surface area contributed by atoms with Crippen molar-refractivity contribution in [1.29, 1.82) is 0 Å². The van der Waals surface area contributed by atoms with Crippen LogP contribution in [0, 0.1) is 0 Å². The summed E-state index contributed by atoms with van der Waals surface area (Å²) in [4.78, 5) is 25.0. The predicted molar refractivity (Wildman–Crippen MR) is 110 cm³/mol. The normalized spacial score (nSPS) is 20.3. The Morgan fingerprint density at radius 3 is 2.46 bits per heavy atom. The molecule has 28 heavy (non-hydrogen) atoms. The number of carbonyl (C=O) groups is 2. The van der Waals surface area contributed by atoms with Crippen LogP contribution in [0.3, 0.4) is 0 Å². The number of hydrogen-bond donors (Lipinski definition) is 4. The topological polar surface area (TPSA) is 93.7 Å². The van der Waals surface area contributed by atoms with Gasteiger partial charge in [0.05, 0.1) is 6.54 Å². The third kappa shape index (κ3) is 6.80. The fraction of sp³-hybridized carbons (Fsp3) is 0.619. The summed E-state index contributed by atoms with van der Waals surface area (Å²) in [6.07, 6.45) is 1.59. The van der Waals surface area contributed by atoms with Crippen LogP contribution < -0.4 is 16.0 Å². The highest BCUT2D eigenvalue weighted by Crippen LogP contribution is 2.25. The van der Waals surface area contributed by atoms with E-state index in [9.17, 15) is 9.59 Å². The van der Waals surface area contributed by atoms with E-state index < -0.39 is 5.97 Å². The molecule has 4 N–H and O–H groups in total. The summed E-state index contributed by atoms with van der Waals surface area (Å²) in [5, 5.41) is 18.4. The fourth-order valence-corrected chi connectivity index (χ4v) is 3.68. The second-order valence-electron chi connectivity index (χ2n) is 8.27. The lowest BCUT2D eigenvalue weighted by atomic mass is 9.85. The first-order valence-electron chi connectivity index (χ1n) is 10.0. The molecule has 0 aliphatic heterocycles. The molecule has 156 valence electrons. The van der Waals surface area contributed by atoms with Crippen molar-refractivity contribution in [2.45, 2.75) is 64.2 Å². The zero-order valence-electron chi connectivity index (χ0n) is 17.4. The molecule has 1 saturated carbocycles. The van der Waals surface area contributed by atoms with Crippen molar-refractivity contribution in [3.8, 4) is 0 Å². The van der Waals surface area contributed by atoms with Crippen molar-refractivity contribution in [2.24, 2.45) is 0 Å². The van der Waals surface area contributed by atoms with Crippen molar-refractivity contribution in [1.82, 2.24) is 20.9 Å². The highest BCUT2D eigenvalue weighted by Gasteiger charge is 2.34. The van der Waals surface area contributed by atoms with E-state index in [2.05, 4.69) is 48.9 Å². The lowest BCUT2D eigenvalue weighted by Crippen LogP contribution is -2.58. The number of likely N-dealkylation sites (N-methyl/N-ethyl adjacent to an activating group) is 1. The van der Waals surface area contributed by atoms with Crippen LogP contribution in [0.1, 0.15) is 52.1 Å². The van der Waals surface area contributed by atoms with Crippen molar-refractivity contribution in [3.63, 3.8) is 0 Å². The predicted octanol–water partition coefficient (Wildman–Crippen LogP) is 2.35. The largest absolute Gasteiger partial charge is 0.480 e. The Bertz CT molecular complexity index is 644. The zero-order chi connectivity index (χ0) is 20.7. The summed E-state index contributed by atoms with van der Waals surface area (Å²) in [6.45, 7) is 9.47. The van der Waals surface area contributed by atoms with Gasteiger partial charge >= 0.3 is 12.0 Å². The molecule has 7 nitrogen and oxygen atoms in total. The van der Waals surface area contributed by atoms with Gasteiger partial charge in [-0.2, -0.15) is 0 Å². The maximum atomic E-state index is 12.2. The van der Waals surface area contributed by atoms with Crippen LogP contribution >= 0.6 is 0 Å². The lowest BCUT2D eigenvalue weighted by molar-refractivity contribution is -0.139. The average Bonchev–Trinajstić information content (AvgIpc) is 2.61. The number of amides is 2. The monoisotopic (exact) mass is 390 g/mol. The number of benzene rings is 1. The number of aliphatic carboxylic acids is 1. The molecule has 2 rings (SSSR count). The molecule has 1 aromatic rings. The average molecular weight is 391 g/mol. The minimum absolute atomic E-state index is 0.0551. The van der Waals surface area contributed by atoms with E-state index in [0.29, 0.717) is 13.1 Å². The van der Waals surface area contributed by atoms with Crippen LogP contribution in [0.25, 0.3) is 0 Å². The molecule has 2 amide bonds. The number of carboxylic acid groups (broad SMARTS) is 1. The second-order valence-corrected chi connectivity index (χ2v) is 8.27. The standard InChI is InChI=1S/C21H34N4O3/c1-5-25(13-19(26)27)18-11-17(12-18)23-20(28)22-14-21(3,4)24-15(2)16-9-7-6-8-10-16/h6-10,15,17-18,24H,5,11-14H2,1-4H3,(H,26,27)(H2,22,23,28). The molecule has 0 bridgehead atoms. The van der Waals surface area contributed by atoms with Gasteiger partial charge in [0.25, 0.3) is 0 Å². The van der Waals surface area contributed by atoms with Crippen LogP contribution in [-0.4, -0.2) is 59.3 Å². The second kappa shape index (κ2) is 9.89. The number of nitrogens with zero attached hydrogens (tertiary/aromatic N) is 1. The summed E-state index contributed by atoms with van der Waals surface area (Å²) in [7, 11) is 0.